The molecule has 11 nitrogen and oxygen atoms in total. The molecule has 2 aliphatic rings. The van der Waals surface area contributed by atoms with Crippen molar-refractivity contribution < 1.29 is 24.0 Å². The quantitative estimate of drug-likeness (QED) is 0.153. The van der Waals surface area contributed by atoms with Gasteiger partial charge in [-0.2, -0.15) is 0 Å². The number of halogens is 1. The summed E-state index contributed by atoms with van der Waals surface area (Å²) in [6.07, 6.45) is 0. The van der Waals surface area contributed by atoms with E-state index in [0.29, 0.717) is 31.4 Å². The Bertz CT molecular complexity index is 1860. The van der Waals surface area contributed by atoms with E-state index in [1.807, 2.05) is 25.1 Å². The van der Waals surface area contributed by atoms with Crippen LogP contribution in [-0.2, 0) is 14.4 Å². The summed E-state index contributed by atoms with van der Waals surface area (Å²) < 4.78 is 6.66. The third kappa shape index (κ3) is 5.48. The fourth-order valence-corrected chi connectivity index (χ4v) is 8.17. The van der Waals surface area contributed by atoms with Gasteiger partial charge in [0.15, 0.2) is 6.61 Å². The van der Waals surface area contributed by atoms with Gasteiger partial charge in [0.2, 0.25) is 11.8 Å². The van der Waals surface area contributed by atoms with Crippen LogP contribution < -0.4 is 19.8 Å². The minimum absolute atomic E-state index is 0.172. The molecule has 1 fully saturated rings. The second kappa shape index (κ2) is 11.4. The van der Waals surface area contributed by atoms with Crippen LogP contribution in [0.4, 0.5) is 17.1 Å². The fourth-order valence-electron chi connectivity index (χ4n) is 5.29. The molecule has 218 valence electrons. The molecule has 14 heteroatoms. The molecule has 0 radical (unpaired) electrons. The number of carbonyl (C=O) groups excluding carboxylic acids is 3. The molecule has 0 aliphatic carbocycles. The number of nitro groups is 1. The first-order valence-corrected chi connectivity index (χ1v) is 15.4. The average molecular weight is 682 g/mol. The maximum atomic E-state index is 14.0. The van der Waals surface area contributed by atoms with Gasteiger partial charge in [0.25, 0.3) is 11.6 Å². The van der Waals surface area contributed by atoms with Crippen molar-refractivity contribution in [3.63, 3.8) is 0 Å². The van der Waals surface area contributed by atoms with Crippen LogP contribution >= 0.6 is 39.0 Å². The fraction of sp³-hybridized carbons (Fsp3) is 0.172. The first-order valence-electron chi connectivity index (χ1n) is 12.9. The van der Waals surface area contributed by atoms with Crippen LogP contribution in [0.2, 0.25) is 0 Å². The summed E-state index contributed by atoms with van der Waals surface area (Å²) in [6, 6.07) is 17.7. The van der Waals surface area contributed by atoms with E-state index in [-0.39, 0.29) is 28.8 Å². The molecule has 0 unspecified atom stereocenters. The Balaban J connectivity index is 1.36. The van der Waals surface area contributed by atoms with Gasteiger partial charge in [-0.1, -0.05) is 51.2 Å². The summed E-state index contributed by atoms with van der Waals surface area (Å²) in [7, 11) is 0. The van der Waals surface area contributed by atoms with Gasteiger partial charge in [-0.15, -0.1) is 0 Å². The zero-order chi connectivity index (χ0) is 30.4. The number of carbonyl (C=O) groups is 3. The molecule has 2 N–H and O–H groups in total. The molecule has 4 aromatic rings. The van der Waals surface area contributed by atoms with Crippen LogP contribution in [0.25, 0.3) is 0 Å². The van der Waals surface area contributed by atoms with Gasteiger partial charge in [0.05, 0.1) is 21.6 Å². The molecule has 3 atom stereocenters. The van der Waals surface area contributed by atoms with Crippen molar-refractivity contribution in [1.82, 2.24) is 4.98 Å². The molecular formula is C29H21BrN4O7S2. The van der Waals surface area contributed by atoms with Gasteiger partial charge >= 0.3 is 4.87 Å². The zero-order valence-electron chi connectivity index (χ0n) is 22.2. The van der Waals surface area contributed by atoms with Gasteiger partial charge < -0.3 is 15.0 Å². The number of nitro benzene ring substituents is 1. The van der Waals surface area contributed by atoms with Gasteiger partial charge in [-0.05, 0) is 55.0 Å². The first-order chi connectivity index (χ1) is 20.6. The number of amides is 3. The van der Waals surface area contributed by atoms with E-state index in [0.717, 1.165) is 33.6 Å². The summed E-state index contributed by atoms with van der Waals surface area (Å²) >= 11 is 5.55. The number of benzene rings is 3. The summed E-state index contributed by atoms with van der Waals surface area (Å²) in [5.74, 6) is -2.73. The Kier molecular flexibility index (Phi) is 7.66. The number of aromatic nitrogens is 1. The summed E-state index contributed by atoms with van der Waals surface area (Å²) in [4.78, 5) is 67.6. The molecule has 3 aromatic carbocycles. The molecule has 1 aromatic heterocycles. The molecule has 2 aliphatic heterocycles. The lowest BCUT2D eigenvalue weighted by Gasteiger charge is -2.31. The Labute approximate surface area is 260 Å². The number of nitrogens with one attached hydrogen (secondary N) is 2. The van der Waals surface area contributed by atoms with Crippen molar-refractivity contribution in [2.24, 2.45) is 5.92 Å². The number of non-ortho nitro benzene ring substituents is 1. The number of anilines is 2. The molecule has 3 amide bonds. The molecule has 1 saturated heterocycles. The number of H-pyrrole nitrogens is 1. The van der Waals surface area contributed by atoms with Crippen LogP contribution in [0, 0.1) is 23.0 Å². The van der Waals surface area contributed by atoms with Crippen molar-refractivity contribution in [3.8, 4) is 5.75 Å². The second-order valence-electron chi connectivity index (χ2n) is 9.92. The molecule has 43 heavy (non-hydrogen) atoms. The van der Waals surface area contributed by atoms with Crippen LogP contribution in [0.1, 0.15) is 21.9 Å². The number of ether oxygens (including phenoxy) is 1. The van der Waals surface area contributed by atoms with Gasteiger partial charge in [-0.3, -0.25) is 29.3 Å². The van der Waals surface area contributed by atoms with Crippen molar-refractivity contribution in [3.05, 3.63) is 107 Å². The highest BCUT2D eigenvalue weighted by atomic mass is 79.9. The summed E-state index contributed by atoms with van der Waals surface area (Å²) in [5, 5.41) is 13.5. The third-order valence-electron chi connectivity index (χ3n) is 7.11. The SMILES string of the molecule is Cc1cccc(NC(=O)COc2ccc(Br)cc2[C@@H]2c3sc(=O)[nH]c3S[C@H]3C(=O)N(c4ccc([N+](=O)[O-])cc4)C(=O)[C@@H]23)c1. The van der Waals surface area contributed by atoms with Gasteiger partial charge in [-0.25, -0.2) is 4.90 Å². The normalized spacial score (nSPS) is 19.1. The Morgan fingerprint density at radius 3 is 2.58 bits per heavy atom. The van der Waals surface area contributed by atoms with E-state index in [1.54, 1.807) is 24.3 Å². The van der Waals surface area contributed by atoms with Gasteiger partial charge in [0.1, 0.15) is 11.0 Å². The second-order valence-corrected chi connectivity index (χ2v) is 13.0. The average Bonchev–Trinajstić information content (AvgIpc) is 3.46. The van der Waals surface area contributed by atoms with E-state index in [2.05, 4.69) is 26.2 Å². The predicted molar refractivity (Wildman–Crippen MR) is 165 cm³/mol. The van der Waals surface area contributed by atoms with E-state index < -0.39 is 33.8 Å². The number of hydrogen-bond donors (Lipinski definition) is 2. The van der Waals surface area contributed by atoms with E-state index in [1.165, 1.54) is 24.3 Å². The van der Waals surface area contributed by atoms with Crippen molar-refractivity contribution >= 4 is 73.8 Å². The Hall–Kier alpha value is -4.27. The van der Waals surface area contributed by atoms with Crippen molar-refractivity contribution in [1.29, 1.82) is 0 Å². The van der Waals surface area contributed by atoms with Crippen LogP contribution in [0.5, 0.6) is 5.75 Å². The molecule has 6 rings (SSSR count). The minimum atomic E-state index is -0.913. The first kappa shape index (κ1) is 28.8. The number of imide groups is 1. The number of fused-ring (bicyclic) bond motifs is 2. The summed E-state index contributed by atoms with van der Waals surface area (Å²) in [6.45, 7) is 1.59. The maximum Gasteiger partial charge on any atom is 0.305 e. The summed E-state index contributed by atoms with van der Waals surface area (Å²) in [5.41, 5.74) is 2.17. The highest BCUT2D eigenvalue weighted by Gasteiger charge is 2.57. The van der Waals surface area contributed by atoms with Crippen molar-refractivity contribution in [2.75, 3.05) is 16.8 Å². The largest absolute Gasteiger partial charge is 0.483 e. The number of aryl methyl sites for hydroxylation is 1. The highest BCUT2D eigenvalue weighted by molar-refractivity contribution is 9.10. The van der Waals surface area contributed by atoms with E-state index >= 15 is 0 Å². The molecule has 3 heterocycles. The monoisotopic (exact) mass is 680 g/mol. The van der Waals surface area contributed by atoms with Crippen LogP contribution in [-0.4, -0.2) is 39.5 Å². The molecule has 0 spiro atoms. The topological polar surface area (TPSA) is 152 Å². The molecular weight excluding hydrogens is 660 g/mol. The van der Waals surface area contributed by atoms with Crippen molar-refractivity contribution in [2.45, 2.75) is 23.1 Å². The zero-order valence-corrected chi connectivity index (χ0v) is 25.5. The third-order valence-corrected chi connectivity index (χ3v) is 10.0. The number of nitrogens with zero attached hydrogens (tertiary/aromatic N) is 2. The lowest BCUT2D eigenvalue weighted by atomic mass is 9.82. The Morgan fingerprint density at radius 1 is 1.09 bits per heavy atom. The van der Waals surface area contributed by atoms with Crippen LogP contribution in [0.3, 0.4) is 0 Å². The molecule has 0 bridgehead atoms. The lowest BCUT2D eigenvalue weighted by Crippen LogP contribution is -2.32. The standard InChI is InChI=1S/C29H21BrN4O7S2/c1-14-3-2-4-16(11-14)31-21(35)13-41-20-10-5-15(30)12-19(20)22-23-25(42-26-24(22)43-29(38)32-26)28(37)33(27(23)36)17-6-8-18(9-7-17)34(39)40/h2-12,22-23,25H,13H2,1H3,(H,31,35)(H,32,38)/t22-,23-,25+/m0/s1. The smallest absolute Gasteiger partial charge is 0.305 e. The Morgan fingerprint density at radius 2 is 1.86 bits per heavy atom. The van der Waals surface area contributed by atoms with Crippen LogP contribution in [0.15, 0.2) is 81.0 Å². The maximum absolute atomic E-state index is 14.0. The number of thiazole rings is 1. The number of thioether (sulfide) groups is 1. The van der Waals surface area contributed by atoms with E-state index in [9.17, 15) is 29.3 Å². The number of rotatable bonds is 7. The number of hydrogen-bond acceptors (Lipinski definition) is 9. The molecule has 0 saturated carbocycles. The minimum Gasteiger partial charge on any atom is -0.483 e. The highest BCUT2D eigenvalue weighted by Crippen LogP contribution is 2.54. The van der Waals surface area contributed by atoms with Gasteiger partial charge in [0, 0.05) is 38.7 Å². The predicted octanol–water partition coefficient (Wildman–Crippen LogP) is 5.23. The lowest BCUT2D eigenvalue weighted by molar-refractivity contribution is -0.384. The van der Waals surface area contributed by atoms with E-state index in [4.69, 9.17) is 4.74 Å². The number of aromatic amines is 1.